The molecule has 2 unspecified atom stereocenters. The number of hydrogen-bond donors (Lipinski definition) is 3. The third kappa shape index (κ3) is 8.26. The van der Waals surface area contributed by atoms with Crippen LogP contribution in [0, 0.1) is 29.1 Å². The molecule has 0 heterocycles. The second kappa shape index (κ2) is 8.44. The number of carbonyl (C=O) groups is 2. The maximum atomic E-state index is 11.9. The maximum Gasteiger partial charge on any atom is 0.309 e. The fraction of sp³-hybridized carbons (Fsp3) is 0.733. The number of carbonyl (C=O) groups excluding carboxylic acids is 1. The van der Waals surface area contributed by atoms with Gasteiger partial charge in [-0.2, -0.15) is 13.7 Å². The Morgan fingerprint density at radius 1 is 1.33 bits per heavy atom. The zero-order valence-corrected chi connectivity index (χ0v) is 15.2. The Morgan fingerprint density at radius 3 is 2.25 bits per heavy atom. The number of nitriles is 1. The first-order valence-electron chi connectivity index (χ1n) is 7.48. The lowest BCUT2D eigenvalue weighted by Crippen LogP contribution is -2.48. The minimum Gasteiger partial charge on any atom is -0.481 e. The van der Waals surface area contributed by atoms with Gasteiger partial charge in [-0.25, -0.2) is 0 Å². The molecule has 0 fully saturated rings. The first kappa shape index (κ1) is 22.3. The van der Waals surface area contributed by atoms with E-state index < -0.39 is 44.6 Å². The monoisotopic (exact) mass is 361 g/mol. The van der Waals surface area contributed by atoms with Gasteiger partial charge in [0, 0.05) is 5.92 Å². The molecule has 0 saturated heterocycles. The molecule has 9 heteroatoms. The fourth-order valence-corrected chi connectivity index (χ4v) is 3.26. The van der Waals surface area contributed by atoms with Crippen molar-refractivity contribution < 1.29 is 27.7 Å². The Balaban J connectivity index is 4.85. The van der Waals surface area contributed by atoms with E-state index in [1.54, 1.807) is 6.92 Å². The Kier molecular flexibility index (Phi) is 7.86. The van der Waals surface area contributed by atoms with E-state index in [0.717, 1.165) is 6.42 Å². The summed E-state index contributed by atoms with van der Waals surface area (Å²) >= 11 is 0. The summed E-state index contributed by atoms with van der Waals surface area (Å²) in [6.07, 6.45) is 1.64. The molecule has 0 aromatic rings. The van der Waals surface area contributed by atoms with Crippen LogP contribution < -0.4 is 5.32 Å². The van der Waals surface area contributed by atoms with E-state index in [0.29, 0.717) is 6.42 Å². The number of nitrogens with zero attached hydrogens (tertiary/aromatic N) is 1. The third-order valence-corrected chi connectivity index (χ3v) is 4.72. The van der Waals surface area contributed by atoms with Crippen molar-refractivity contribution in [3.8, 4) is 6.07 Å². The first-order chi connectivity index (χ1) is 10.7. The molecule has 0 aliphatic heterocycles. The smallest absolute Gasteiger partial charge is 0.309 e. The standard InChI is InChI=1S/C15H25N2O6S/c1-5-11(9-16)8-15(4,13(19)20)7-6-12(18)17-14(2,3)10-24(21,22)23/h6,11H,5,7-8,10H2,1-4H3,(H,17,18)(H,19,20)(H,21,22,23). The summed E-state index contributed by atoms with van der Waals surface area (Å²) < 4.78 is 30.7. The Hall–Kier alpha value is -1.66. The van der Waals surface area contributed by atoms with Crippen molar-refractivity contribution >= 4 is 22.0 Å². The predicted molar refractivity (Wildman–Crippen MR) is 87.3 cm³/mol. The normalized spacial score (nSPS) is 15.8. The van der Waals surface area contributed by atoms with Gasteiger partial charge in [-0.05, 0) is 40.0 Å². The van der Waals surface area contributed by atoms with E-state index >= 15 is 0 Å². The highest BCUT2D eigenvalue weighted by molar-refractivity contribution is 7.85. The summed E-state index contributed by atoms with van der Waals surface area (Å²) in [7, 11) is -4.27. The van der Waals surface area contributed by atoms with Gasteiger partial charge >= 0.3 is 5.97 Å². The van der Waals surface area contributed by atoms with E-state index in [-0.39, 0.29) is 12.8 Å². The number of carboxylic acid groups (broad SMARTS) is 1. The quantitative estimate of drug-likeness (QED) is 0.499. The van der Waals surface area contributed by atoms with Gasteiger partial charge in [-0.1, -0.05) is 6.92 Å². The van der Waals surface area contributed by atoms with E-state index in [9.17, 15) is 23.1 Å². The topological polar surface area (TPSA) is 145 Å². The second-order valence-electron chi connectivity index (χ2n) is 6.81. The fourth-order valence-electron chi connectivity index (χ4n) is 2.28. The summed E-state index contributed by atoms with van der Waals surface area (Å²) in [6, 6.07) is 2.04. The first-order valence-corrected chi connectivity index (χ1v) is 9.09. The van der Waals surface area contributed by atoms with Crippen molar-refractivity contribution in [2.45, 2.75) is 52.5 Å². The highest BCUT2D eigenvalue weighted by atomic mass is 32.2. The van der Waals surface area contributed by atoms with E-state index in [2.05, 4.69) is 5.32 Å². The molecule has 137 valence electrons. The number of hydrogen-bond acceptors (Lipinski definition) is 5. The van der Waals surface area contributed by atoms with Crippen LogP contribution in [0.4, 0.5) is 0 Å². The highest BCUT2D eigenvalue weighted by Gasteiger charge is 2.36. The van der Waals surface area contributed by atoms with Gasteiger partial charge in [0.15, 0.2) is 0 Å². The molecule has 0 aliphatic rings. The molecule has 0 aliphatic carbocycles. The highest BCUT2D eigenvalue weighted by Crippen LogP contribution is 2.32. The minimum absolute atomic E-state index is 0.103. The molecular weight excluding hydrogens is 336 g/mol. The van der Waals surface area contributed by atoms with Gasteiger partial charge in [0.05, 0.1) is 29.2 Å². The molecule has 0 spiro atoms. The zero-order chi connectivity index (χ0) is 19.2. The zero-order valence-electron chi connectivity index (χ0n) is 14.4. The van der Waals surface area contributed by atoms with Gasteiger partial charge < -0.3 is 10.4 Å². The lowest BCUT2D eigenvalue weighted by molar-refractivity contribution is -0.148. The summed E-state index contributed by atoms with van der Waals surface area (Å²) in [5, 5.41) is 20.8. The maximum absolute atomic E-state index is 11.9. The van der Waals surface area contributed by atoms with E-state index in [1.165, 1.54) is 20.8 Å². The summed E-state index contributed by atoms with van der Waals surface area (Å²) in [5.74, 6) is -2.85. The van der Waals surface area contributed by atoms with Crippen molar-refractivity contribution in [1.82, 2.24) is 5.32 Å². The van der Waals surface area contributed by atoms with Gasteiger partial charge in [-0.3, -0.25) is 14.1 Å². The van der Waals surface area contributed by atoms with Crippen LogP contribution in [0.25, 0.3) is 0 Å². The number of rotatable bonds is 10. The van der Waals surface area contributed by atoms with Crippen LogP contribution in [0.5, 0.6) is 0 Å². The van der Waals surface area contributed by atoms with Crippen LogP contribution in [0.3, 0.4) is 0 Å². The molecule has 0 aromatic carbocycles. The molecule has 1 amide bonds. The average molecular weight is 361 g/mol. The van der Waals surface area contributed by atoms with Crippen LogP contribution >= 0.6 is 0 Å². The van der Waals surface area contributed by atoms with Gasteiger partial charge in [0.2, 0.25) is 5.91 Å². The SMILES string of the molecule is CCC(C#N)CC(C)(C[CH]C(=O)NC(C)(C)CS(=O)(=O)O)C(=O)O. The van der Waals surface area contributed by atoms with Gasteiger partial charge in [0.1, 0.15) is 0 Å². The molecule has 8 nitrogen and oxygen atoms in total. The number of nitrogens with one attached hydrogen (secondary N) is 1. The molecule has 0 aromatic heterocycles. The summed E-state index contributed by atoms with van der Waals surface area (Å²) in [4.78, 5) is 23.4. The van der Waals surface area contributed by atoms with Crippen molar-refractivity contribution in [2.24, 2.45) is 11.3 Å². The number of amides is 1. The molecule has 0 saturated carbocycles. The van der Waals surface area contributed by atoms with Crippen LogP contribution in [-0.4, -0.2) is 41.2 Å². The van der Waals surface area contributed by atoms with Crippen LogP contribution in [0.2, 0.25) is 0 Å². The lowest BCUT2D eigenvalue weighted by atomic mass is 9.77. The minimum atomic E-state index is -4.27. The summed E-state index contributed by atoms with van der Waals surface area (Å²) in [5.41, 5.74) is -2.49. The third-order valence-electron chi connectivity index (χ3n) is 3.63. The summed E-state index contributed by atoms with van der Waals surface area (Å²) in [6.45, 7) is 6.09. The molecule has 0 bridgehead atoms. The number of aliphatic carboxylic acids is 1. The Labute approximate surface area is 143 Å². The van der Waals surface area contributed by atoms with Crippen molar-refractivity contribution in [3.63, 3.8) is 0 Å². The largest absolute Gasteiger partial charge is 0.481 e. The van der Waals surface area contributed by atoms with Crippen molar-refractivity contribution in [1.29, 1.82) is 5.26 Å². The Bertz CT molecular complexity index is 608. The van der Waals surface area contributed by atoms with Crippen molar-refractivity contribution in [2.75, 3.05) is 5.75 Å². The molecule has 2 atom stereocenters. The molecule has 3 N–H and O–H groups in total. The second-order valence-corrected chi connectivity index (χ2v) is 8.26. The Morgan fingerprint density at radius 2 is 1.88 bits per heavy atom. The molecule has 0 rings (SSSR count). The van der Waals surface area contributed by atoms with Crippen molar-refractivity contribution in [3.05, 3.63) is 6.42 Å². The van der Waals surface area contributed by atoms with Crippen LogP contribution in [0.15, 0.2) is 0 Å². The average Bonchev–Trinajstić information content (AvgIpc) is 2.39. The molecule has 1 radical (unpaired) electrons. The lowest BCUT2D eigenvalue weighted by Gasteiger charge is -2.28. The van der Waals surface area contributed by atoms with Crippen LogP contribution in [-0.2, 0) is 19.7 Å². The molecule has 24 heavy (non-hydrogen) atoms. The van der Waals surface area contributed by atoms with Gasteiger partial charge in [0.25, 0.3) is 10.1 Å². The van der Waals surface area contributed by atoms with E-state index in [4.69, 9.17) is 9.81 Å². The van der Waals surface area contributed by atoms with Crippen LogP contribution in [0.1, 0.15) is 47.0 Å². The van der Waals surface area contributed by atoms with E-state index in [1.807, 2.05) is 6.07 Å². The number of carboxylic acids is 1. The predicted octanol–water partition coefficient (Wildman–Crippen LogP) is 1.39. The molecular formula is C15H25N2O6S. The van der Waals surface area contributed by atoms with Gasteiger partial charge in [-0.15, -0.1) is 0 Å².